The molecule has 2 rings (SSSR count). The predicted molar refractivity (Wildman–Crippen MR) is 79.5 cm³/mol. The van der Waals surface area contributed by atoms with Crippen molar-refractivity contribution in [3.05, 3.63) is 47.6 Å². The van der Waals surface area contributed by atoms with Crippen LogP contribution < -0.4 is 5.32 Å². The van der Waals surface area contributed by atoms with Crippen molar-refractivity contribution in [1.29, 1.82) is 0 Å². The zero-order valence-corrected chi connectivity index (χ0v) is 13.1. The summed E-state index contributed by atoms with van der Waals surface area (Å²) in [5.74, 6) is 0.344. The van der Waals surface area contributed by atoms with E-state index in [2.05, 4.69) is 15.5 Å². The molecule has 1 N–H and O–H groups in total. The van der Waals surface area contributed by atoms with Crippen LogP contribution in [0.4, 0.5) is 0 Å². The molecule has 2 unspecified atom stereocenters. The van der Waals surface area contributed by atoms with Crippen LogP contribution in [0.2, 0.25) is 0 Å². The molecule has 0 spiro atoms. The summed E-state index contributed by atoms with van der Waals surface area (Å²) in [5.41, 5.74) is 1.11. The highest BCUT2D eigenvalue weighted by atomic mass is 32.2. The van der Waals surface area contributed by atoms with Crippen molar-refractivity contribution in [3.63, 3.8) is 0 Å². The van der Waals surface area contributed by atoms with Gasteiger partial charge < -0.3 is 9.84 Å². The van der Waals surface area contributed by atoms with Gasteiger partial charge in [-0.1, -0.05) is 42.4 Å². The van der Waals surface area contributed by atoms with Crippen molar-refractivity contribution in [1.82, 2.24) is 15.5 Å². The minimum absolute atomic E-state index is 0.0118. The lowest BCUT2D eigenvalue weighted by atomic mass is 9.94. The van der Waals surface area contributed by atoms with Crippen LogP contribution in [0, 0.1) is 0 Å². The number of aromatic nitrogens is 2. The molecule has 6 nitrogen and oxygen atoms in total. The highest BCUT2D eigenvalue weighted by molar-refractivity contribution is 7.89. The van der Waals surface area contributed by atoms with Crippen molar-refractivity contribution < 1.29 is 12.9 Å². The first kappa shape index (κ1) is 15.7. The second-order valence-corrected chi connectivity index (χ2v) is 7.22. The lowest BCUT2D eigenvalue weighted by Crippen LogP contribution is -2.22. The molecule has 114 valence electrons. The van der Waals surface area contributed by atoms with E-state index in [1.807, 2.05) is 44.3 Å². The van der Waals surface area contributed by atoms with Gasteiger partial charge in [0.2, 0.25) is 5.89 Å². The van der Waals surface area contributed by atoms with Crippen LogP contribution in [0.5, 0.6) is 0 Å². The Bertz CT molecular complexity index is 682. The Balaban J connectivity index is 2.21. The van der Waals surface area contributed by atoms with E-state index >= 15 is 0 Å². The molecule has 0 bridgehead atoms. The molecule has 0 amide bonds. The third kappa shape index (κ3) is 4.12. The first-order valence-electron chi connectivity index (χ1n) is 6.63. The summed E-state index contributed by atoms with van der Waals surface area (Å²) in [7, 11) is -1.31. The predicted octanol–water partition coefficient (Wildman–Crippen LogP) is 1.68. The molecule has 0 aliphatic rings. The lowest BCUT2D eigenvalue weighted by Gasteiger charge is -2.21. The molecule has 2 aromatic rings. The van der Waals surface area contributed by atoms with Crippen molar-refractivity contribution in [2.24, 2.45) is 0 Å². The second kappa shape index (κ2) is 6.36. The Morgan fingerprint density at radius 2 is 1.95 bits per heavy atom. The summed E-state index contributed by atoms with van der Waals surface area (Å²) in [6.07, 6.45) is 1.15. The zero-order valence-electron chi connectivity index (χ0n) is 12.3. The molecule has 1 heterocycles. The Morgan fingerprint density at radius 3 is 2.52 bits per heavy atom. The number of rotatable bonds is 6. The fraction of sp³-hybridized carbons (Fsp3) is 0.429. The topological polar surface area (TPSA) is 85.1 Å². The van der Waals surface area contributed by atoms with Gasteiger partial charge in [0.1, 0.15) is 5.75 Å². The minimum atomic E-state index is -3.17. The summed E-state index contributed by atoms with van der Waals surface area (Å²) in [6.45, 7) is 1.96. The van der Waals surface area contributed by atoms with Crippen LogP contribution >= 0.6 is 0 Å². The van der Waals surface area contributed by atoms with E-state index in [4.69, 9.17) is 4.52 Å². The summed E-state index contributed by atoms with van der Waals surface area (Å²) in [4.78, 5) is 4.19. The molecule has 0 radical (unpaired) electrons. The van der Waals surface area contributed by atoms with Gasteiger partial charge in [0.15, 0.2) is 15.7 Å². The molecule has 7 heteroatoms. The third-order valence-corrected chi connectivity index (χ3v) is 4.02. The van der Waals surface area contributed by atoms with E-state index in [1.165, 1.54) is 0 Å². The van der Waals surface area contributed by atoms with E-state index in [0.29, 0.717) is 5.89 Å². The lowest BCUT2D eigenvalue weighted by molar-refractivity contribution is 0.329. The maximum absolute atomic E-state index is 11.3. The van der Waals surface area contributed by atoms with E-state index in [1.54, 1.807) is 0 Å². The third-order valence-electron chi connectivity index (χ3n) is 3.23. The molecule has 2 atom stereocenters. The molecule has 0 aliphatic heterocycles. The van der Waals surface area contributed by atoms with Crippen molar-refractivity contribution in [2.45, 2.75) is 24.6 Å². The smallest absolute Gasteiger partial charge is 0.231 e. The molecule has 0 saturated carbocycles. The Hall–Kier alpha value is -1.73. The monoisotopic (exact) mass is 309 g/mol. The molecule has 1 aromatic heterocycles. The normalized spacial score (nSPS) is 14.8. The van der Waals surface area contributed by atoms with Crippen LogP contribution in [0.15, 0.2) is 34.9 Å². The Morgan fingerprint density at radius 1 is 1.29 bits per heavy atom. The highest BCUT2D eigenvalue weighted by Gasteiger charge is 2.25. The molecule has 0 fully saturated rings. The van der Waals surface area contributed by atoms with Crippen LogP contribution in [0.3, 0.4) is 0 Å². The SMILES string of the molecule is CNC(c1ccccc1)C(C)c1nc(CS(C)(=O)=O)no1. The maximum Gasteiger partial charge on any atom is 0.231 e. The second-order valence-electron chi connectivity index (χ2n) is 5.08. The largest absolute Gasteiger partial charge is 0.339 e. The standard InChI is InChI=1S/C14H19N3O3S/c1-10(13(15-2)11-7-5-4-6-8-11)14-16-12(17-20-14)9-21(3,18)19/h4-8,10,13,15H,9H2,1-3H3. The van der Waals surface area contributed by atoms with Gasteiger partial charge in [-0.3, -0.25) is 0 Å². The molecule has 1 aromatic carbocycles. The van der Waals surface area contributed by atoms with Gasteiger partial charge in [-0.2, -0.15) is 4.98 Å². The van der Waals surface area contributed by atoms with Gasteiger partial charge in [-0.05, 0) is 12.6 Å². The van der Waals surface area contributed by atoms with E-state index < -0.39 is 9.84 Å². The number of sulfone groups is 1. The zero-order chi connectivity index (χ0) is 15.5. The van der Waals surface area contributed by atoms with Gasteiger partial charge >= 0.3 is 0 Å². The van der Waals surface area contributed by atoms with Gasteiger partial charge in [0.25, 0.3) is 0 Å². The van der Waals surface area contributed by atoms with E-state index in [0.717, 1.165) is 11.8 Å². The van der Waals surface area contributed by atoms with E-state index in [9.17, 15) is 8.42 Å². The van der Waals surface area contributed by atoms with Crippen molar-refractivity contribution in [2.75, 3.05) is 13.3 Å². The number of benzene rings is 1. The number of nitrogens with zero attached hydrogens (tertiary/aromatic N) is 2. The quantitative estimate of drug-likeness (QED) is 0.874. The molecular weight excluding hydrogens is 290 g/mol. The van der Waals surface area contributed by atoms with Gasteiger partial charge in [0, 0.05) is 12.3 Å². The van der Waals surface area contributed by atoms with Crippen LogP contribution in [0.25, 0.3) is 0 Å². The average Bonchev–Trinajstić information content (AvgIpc) is 2.87. The summed E-state index contributed by atoms with van der Waals surface area (Å²) < 4.78 is 27.7. The minimum Gasteiger partial charge on any atom is -0.339 e. The van der Waals surface area contributed by atoms with Crippen LogP contribution in [0.1, 0.15) is 36.2 Å². The van der Waals surface area contributed by atoms with Gasteiger partial charge in [0.05, 0.1) is 5.92 Å². The number of hydrogen-bond donors (Lipinski definition) is 1. The number of likely N-dealkylation sites (N-methyl/N-ethyl adjacent to an activating group) is 1. The van der Waals surface area contributed by atoms with Gasteiger partial charge in [-0.25, -0.2) is 8.42 Å². The average molecular weight is 309 g/mol. The Labute approximate surface area is 124 Å². The molecule has 21 heavy (non-hydrogen) atoms. The Kier molecular flexibility index (Phi) is 4.74. The summed E-state index contributed by atoms with van der Waals surface area (Å²) in [5, 5.41) is 6.97. The van der Waals surface area contributed by atoms with Crippen molar-refractivity contribution in [3.8, 4) is 0 Å². The number of nitrogens with one attached hydrogen (secondary N) is 1. The molecular formula is C14H19N3O3S. The molecule has 0 saturated heterocycles. The highest BCUT2D eigenvalue weighted by Crippen LogP contribution is 2.29. The first-order chi connectivity index (χ1) is 9.90. The summed E-state index contributed by atoms with van der Waals surface area (Å²) >= 11 is 0. The molecule has 0 aliphatic carbocycles. The fourth-order valence-electron chi connectivity index (χ4n) is 2.25. The summed E-state index contributed by atoms with van der Waals surface area (Å²) in [6, 6.07) is 9.94. The van der Waals surface area contributed by atoms with Crippen LogP contribution in [-0.2, 0) is 15.6 Å². The van der Waals surface area contributed by atoms with Gasteiger partial charge in [-0.15, -0.1) is 0 Å². The first-order valence-corrected chi connectivity index (χ1v) is 8.69. The van der Waals surface area contributed by atoms with Crippen LogP contribution in [-0.4, -0.2) is 31.9 Å². The van der Waals surface area contributed by atoms with E-state index in [-0.39, 0.29) is 23.5 Å². The van der Waals surface area contributed by atoms with Crippen molar-refractivity contribution >= 4 is 9.84 Å². The number of hydrogen-bond acceptors (Lipinski definition) is 6. The fourth-order valence-corrected chi connectivity index (χ4v) is 2.84. The maximum atomic E-state index is 11.3.